The number of aryl methyl sites for hydroxylation is 1. The highest BCUT2D eigenvalue weighted by atomic mass is 16.6. The van der Waals surface area contributed by atoms with Crippen molar-refractivity contribution in [2.75, 3.05) is 6.61 Å². The van der Waals surface area contributed by atoms with Crippen LogP contribution < -0.4 is 4.74 Å². The highest BCUT2D eigenvalue weighted by molar-refractivity contribution is 5.78. The van der Waals surface area contributed by atoms with Crippen molar-refractivity contribution in [3.8, 4) is 5.75 Å². The van der Waals surface area contributed by atoms with Crippen molar-refractivity contribution in [1.82, 2.24) is 4.90 Å². The van der Waals surface area contributed by atoms with Gasteiger partial charge >= 0.3 is 5.69 Å². The number of amides is 1. The number of benzene rings is 3. The van der Waals surface area contributed by atoms with Crippen LogP contribution in [0.15, 0.2) is 78.9 Å². The van der Waals surface area contributed by atoms with Gasteiger partial charge in [-0.15, -0.1) is 0 Å². The monoisotopic (exact) mass is 390 g/mol. The third-order valence-electron chi connectivity index (χ3n) is 4.45. The summed E-state index contributed by atoms with van der Waals surface area (Å²) in [5.41, 5.74) is 2.61. The fourth-order valence-electron chi connectivity index (χ4n) is 2.96. The molecule has 3 aromatic carbocycles. The molecule has 0 aliphatic carbocycles. The van der Waals surface area contributed by atoms with Crippen molar-refractivity contribution in [1.29, 1.82) is 0 Å². The second kappa shape index (κ2) is 9.50. The van der Waals surface area contributed by atoms with Gasteiger partial charge in [-0.25, -0.2) is 0 Å². The molecule has 29 heavy (non-hydrogen) atoms. The summed E-state index contributed by atoms with van der Waals surface area (Å²) < 4.78 is 5.54. The van der Waals surface area contributed by atoms with E-state index in [4.69, 9.17) is 4.74 Å². The molecule has 0 N–H and O–H groups in total. The summed E-state index contributed by atoms with van der Waals surface area (Å²) in [6.45, 7) is 2.34. The maximum atomic E-state index is 12.9. The Bertz CT molecular complexity index is 933. The van der Waals surface area contributed by atoms with Crippen LogP contribution in [-0.4, -0.2) is 22.3 Å². The Morgan fingerprint density at radius 1 is 0.931 bits per heavy atom. The van der Waals surface area contributed by atoms with Crippen molar-refractivity contribution >= 4 is 11.6 Å². The SMILES string of the molecule is Cc1ccc(OCC(=O)N(Cc2ccccc2)Cc2ccccc2)c([N+](=O)[O-])c1. The second-order valence-electron chi connectivity index (χ2n) is 6.74. The Morgan fingerprint density at radius 3 is 2.00 bits per heavy atom. The number of ether oxygens (including phenoxy) is 1. The first-order valence-corrected chi connectivity index (χ1v) is 9.26. The fraction of sp³-hybridized carbons (Fsp3) is 0.174. The van der Waals surface area contributed by atoms with E-state index in [0.717, 1.165) is 16.7 Å². The van der Waals surface area contributed by atoms with Gasteiger partial charge in [-0.1, -0.05) is 66.7 Å². The zero-order valence-electron chi connectivity index (χ0n) is 16.2. The molecule has 148 valence electrons. The number of hydrogen-bond donors (Lipinski definition) is 0. The first kappa shape index (κ1) is 20.1. The molecule has 3 rings (SSSR count). The fourth-order valence-corrected chi connectivity index (χ4v) is 2.96. The van der Waals surface area contributed by atoms with Crippen LogP contribution in [-0.2, 0) is 17.9 Å². The van der Waals surface area contributed by atoms with Crippen LogP contribution >= 0.6 is 0 Å². The third-order valence-corrected chi connectivity index (χ3v) is 4.45. The number of hydrogen-bond acceptors (Lipinski definition) is 4. The summed E-state index contributed by atoms with van der Waals surface area (Å²) in [5.74, 6) is -0.152. The molecule has 0 atom stereocenters. The molecule has 0 unspecified atom stereocenters. The van der Waals surface area contributed by atoms with Crippen LogP contribution in [0.4, 0.5) is 5.69 Å². The van der Waals surface area contributed by atoms with Crippen molar-refractivity contribution in [2.24, 2.45) is 0 Å². The van der Waals surface area contributed by atoms with Gasteiger partial charge in [-0.3, -0.25) is 14.9 Å². The van der Waals surface area contributed by atoms with E-state index in [2.05, 4.69) is 0 Å². The summed E-state index contributed by atoms with van der Waals surface area (Å²) in [6, 6.07) is 24.0. The largest absolute Gasteiger partial charge is 0.477 e. The standard InChI is InChI=1S/C23H22N2O4/c1-18-12-13-22(21(14-18)25(27)28)29-17-23(26)24(15-19-8-4-2-5-9-19)16-20-10-6-3-7-11-20/h2-14H,15-17H2,1H3. The van der Waals surface area contributed by atoms with E-state index >= 15 is 0 Å². The minimum Gasteiger partial charge on any atom is -0.477 e. The first-order chi connectivity index (χ1) is 14.0. The average molecular weight is 390 g/mol. The van der Waals surface area contributed by atoms with Crippen LogP contribution in [0.25, 0.3) is 0 Å². The molecule has 0 bridgehead atoms. The summed E-state index contributed by atoms with van der Waals surface area (Å²) >= 11 is 0. The van der Waals surface area contributed by atoms with E-state index in [-0.39, 0.29) is 24.0 Å². The van der Waals surface area contributed by atoms with Gasteiger partial charge in [0, 0.05) is 19.2 Å². The van der Waals surface area contributed by atoms with E-state index < -0.39 is 4.92 Å². The maximum absolute atomic E-state index is 12.9. The molecule has 0 saturated carbocycles. The van der Waals surface area contributed by atoms with Gasteiger partial charge < -0.3 is 9.64 Å². The van der Waals surface area contributed by atoms with E-state index in [1.807, 2.05) is 60.7 Å². The topological polar surface area (TPSA) is 72.7 Å². The molecule has 6 nitrogen and oxygen atoms in total. The van der Waals surface area contributed by atoms with Crippen LogP contribution in [0.5, 0.6) is 5.75 Å². The number of carbonyl (C=O) groups excluding carboxylic acids is 1. The molecule has 6 heteroatoms. The Morgan fingerprint density at radius 2 is 1.48 bits per heavy atom. The van der Waals surface area contributed by atoms with Crippen LogP contribution in [0.2, 0.25) is 0 Å². The number of nitro benzene ring substituents is 1. The number of rotatable bonds is 8. The Hall–Kier alpha value is -3.67. The summed E-state index contributed by atoms with van der Waals surface area (Å²) in [4.78, 5) is 25.4. The summed E-state index contributed by atoms with van der Waals surface area (Å²) in [6.07, 6.45) is 0. The van der Waals surface area contributed by atoms with Crippen molar-refractivity contribution < 1.29 is 14.5 Å². The molecule has 0 spiro atoms. The normalized spacial score (nSPS) is 10.4. The maximum Gasteiger partial charge on any atom is 0.311 e. The lowest BCUT2D eigenvalue weighted by molar-refractivity contribution is -0.385. The van der Waals surface area contributed by atoms with E-state index in [0.29, 0.717) is 13.1 Å². The molecule has 0 aliphatic heterocycles. The molecule has 0 aromatic heterocycles. The van der Waals surface area contributed by atoms with Gasteiger partial charge in [0.1, 0.15) is 0 Å². The van der Waals surface area contributed by atoms with Crippen LogP contribution in [0.3, 0.4) is 0 Å². The quantitative estimate of drug-likeness (QED) is 0.419. The highest BCUT2D eigenvalue weighted by Gasteiger charge is 2.19. The molecule has 0 fully saturated rings. The van der Waals surface area contributed by atoms with Gasteiger partial charge in [0.15, 0.2) is 12.4 Å². The molecule has 0 radical (unpaired) electrons. The Kier molecular flexibility index (Phi) is 6.58. The molecule has 0 saturated heterocycles. The molecule has 0 aliphatic rings. The van der Waals surface area contributed by atoms with Gasteiger partial charge in [0.25, 0.3) is 5.91 Å². The average Bonchev–Trinajstić information content (AvgIpc) is 2.73. The number of nitro groups is 1. The molecular weight excluding hydrogens is 368 g/mol. The predicted molar refractivity (Wildman–Crippen MR) is 110 cm³/mol. The van der Waals surface area contributed by atoms with Crippen molar-refractivity contribution in [3.63, 3.8) is 0 Å². The molecular formula is C23H22N2O4. The van der Waals surface area contributed by atoms with Crippen molar-refractivity contribution in [3.05, 3.63) is 106 Å². The third kappa shape index (κ3) is 5.65. The minimum absolute atomic E-state index is 0.0910. The predicted octanol–water partition coefficient (Wildman–Crippen LogP) is 4.51. The van der Waals surface area contributed by atoms with Crippen molar-refractivity contribution in [2.45, 2.75) is 20.0 Å². The van der Waals surface area contributed by atoms with Crippen LogP contribution in [0.1, 0.15) is 16.7 Å². The number of nitrogens with zero attached hydrogens (tertiary/aromatic N) is 2. The van der Waals surface area contributed by atoms with Gasteiger partial charge in [-0.05, 0) is 29.7 Å². The zero-order valence-corrected chi connectivity index (χ0v) is 16.2. The second-order valence-corrected chi connectivity index (χ2v) is 6.74. The lowest BCUT2D eigenvalue weighted by atomic mass is 10.1. The van der Waals surface area contributed by atoms with Gasteiger partial charge in [0.2, 0.25) is 0 Å². The van der Waals surface area contributed by atoms with Crippen LogP contribution in [0, 0.1) is 17.0 Å². The van der Waals surface area contributed by atoms with E-state index in [1.165, 1.54) is 12.1 Å². The van der Waals surface area contributed by atoms with Gasteiger partial charge in [-0.2, -0.15) is 0 Å². The molecule has 0 heterocycles. The van der Waals surface area contributed by atoms with Gasteiger partial charge in [0.05, 0.1) is 4.92 Å². The number of carbonyl (C=O) groups is 1. The Labute approximate surface area is 169 Å². The molecule has 1 amide bonds. The lowest BCUT2D eigenvalue weighted by Gasteiger charge is -2.23. The minimum atomic E-state index is -0.501. The molecule has 3 aromatic rings. The first-order valence-electron chi connectivity index (χ1n) is 9.26. The van der Waals surface area contributed by atoms with E-state index in [1.54, 1.807) is 17.9 Å². The summed E-state index contributed by atoms with van der Waals surface area (Å²) in [7, 11) is 0. The highest BCUT2D eigenvalue weighted by Crippen LogP contribution is 2.27. The lowest BCUT2D eigenvalue weighted by Crippen LogP contribution is -2.34. The summed E-state index contributed by atoms with van der Waals surface area (Å²) in [5, 5.41) is 11.3. The zero-order chi connectivity index (χ0) is 20.6. The van der Waals surface area contributed by atoms with E-state index in [9.17, 15) is 14.9 Å². The smallest absolute Gasteiger partial charge is 0.311 e. The Balaban J connectivity index is 1.75.